The Kier molecular flexibility index (Phi) is 6.68. The Morgan fingerprint density at radius 3 is 2.27 bits per heavy atom. The molecule has 1 aromatic carbocycles. The van der Waals surface area contributed by atoms with Crippen LogP contribution in [0.15, 0.2) is 24.3 Å². The molecule has 0 spiro atoms. The topological polar surface area (TPSA) is 67.8 Å². The van der Waals surface area contributed by atoms with Crippen LogP contribution in [0.5, 0.6) is 5.75 Å². The first-order valence-corrected chi connectivity index (χ1v) is 7.55. The Morgan fingerprint density at radius 1 is 1.23 bits per heavy atom. The summed E-state index contributed by atoms with van der Waals surface area (Å²) in [7, 11) is 0. The second kappa shape index (κ2) is 8.03. The molecule has 1 amide bonds. The molecule has 1 aromatic rings. The highest BCUT2D eigenvalue weighted by molar-refractivity contribution is 5.68. The molecule has 0 bridgehead atoms. The molecule has 0 aliphatic carbocycles. The van der Waals surface area contributed by atoms with E-state index in [2.05, 4.69) is 5.32 Å². The van der Waals surface area contributed by atoms with Crippen molar-refractivity contribution < 1.29 is 19.4 Å². The second-order valence-corrected chi connectivity index (χ2v) is 6.54. The molecular weight excluding hydrogens is 282 g/mol. The van der Waals surface area contributed by atoms with Gasteiger partial charge in [0, 0.05) is 0 Å². The van der Waals surface area contributed by atoms with Crippen molar-refractivity contribution in [2.75, 3.05) is 6.61 Å². The molecule has 0 aromatic heterocycles. The number of ether oxygens (including phenoxy) is 2. The Bertz CT molecular complexity index is 463. The number of amides is 1. The number of nitrogens with one attached hydrogen (secondary N) is 1. The molecule has 0 heterocycles. The second-order valence-electron chi connectivity index (χ2n) is 6.54. The molecule has 0 fully saturated rings. The number of benzene rings is 1. The number of hydrogen-bond acceptors (Lipinski definition) is 4. The first-order valence-electron chi connectivity index (χ1n) is 7.55. The predicted octanol–water partition coefficient (Wildman–Crippen LogP) is 2.90. The Morgan fingerprint density at radius 2 is 1.82 bits per heavy atom. The van der Waals surface area contributed by atoms with Gasteiger partial charge in [-0.25, -0.2) is 4.79 Å². The van der Waals surface area contributed by atoms with Gasteiger partial charge in [-0.2, -0.15) is 0 Å². The van der Waals surface area contributed by atoms with Crippen molar-refractivity contribution in [3.05, 3.63) is 29.8 Å². The van der Waals surface area contributed by atoms with Crippen LogP contribution >= 0.6 is 0 Å². The fourth-order valence-electron chi connectivity index (χ4n) is 1.90. The zero-order chi connectivity index (χ0) is 16.8. The largest absolute Gasteiger partial charge is 0.491 e. The van der Waals surface area contributed by atoms with E-state index in [-0.39, 0.29) is 18.8 Å². The standard InChI is InChI=1S/C17H27NO4/c1-12(2)21-15-8-6-13(7-9-15)10-14(11-19)18-16(20)22-17(3,4)5/h6-9,12,14,19H,10-11H2,1-5H3,(H,18,20)/t14-/m0/s1. The molecule has 2 N–H and O–H groups in total. The van der Waals surface area contributed by atoms with Gasteiger partial charge in [0.25, 0.3) is 0 Å². The summed E-state index contributed by atoms with van der Waals surface area (Å²) in [5.74, 6) is 0.805. The van der Waals surface area contributed by atoms with E-state index in [9.17, 15) is 9.90 Å². The Labute approximate surface area is 132 Å². The lowest BCUT2D eigenvalue weighted by atomic mass is 10.1. The summed E-state index contributed by atoms with van der Waals surface area (Å²) in [5.41, 5.74) is 0.450. The van der Waals surface area contributed by atoms with Gasteiger partial charge in [-0.05, 0) is 58.7 Å². The third-order valence-corrected chi connectivity index (χ3v) is 2.72. The predicted molar refractivity (Wildman–Crippen MR) is 86.2 cm³/mol. The molecule has 0 saturated carbocycles. The lowest BCUT2D eigenvalue weighted by Crippen LogP contribution is -2.42. The van der Waals surface area contributed by atoms with E-state index >= 15 is 0 Å². The van der Waals surface area contributed by atoms with Crippen LogP contribution in [0.25, 0.3) is 0 Å². The summed E-state index contributed by atoms with van der Waals surface area (Å²) in [6, 6.07) is 7.25. The van der Waals surface area contributed by atoms with E-state index in [0.29, 0.717) is 6.42 Å². The highest BCUT2D eigenvalue weighted by Gasteiger charge is 2.19. The number of rotatable bonds is 6. The summed E-state index contributed by atoms with van der Waals surface area (Å²) < 4.78 is 10.8. The van der Waals surface area contributed by atoms with E-state index in [1.165, 1.54) is 0 Å². The summed E-state index contributed by atoms with van der Waals surface area (Å²) in [4.78, 5) is 11.7. The van der Waals surface area contributed by atoms with E-state index in [4.69, 9.17) is 9.47 Å². The Hall–Kier alpha value is -1.75. The van der Waals surface area contributed by atoms with Gasteiger partial charge in [0.1, 0.15) is 11.4 Å². The van der Waals surface area contributed by atoms with Gasteiger partial charge in [0.15, 0.2) is 0 Å². The zero-order valence-electron chi connectivity index (χ0n) is 14.1. The van der Waals surface area contributed by atoms with Crippen molar-refractivity contribution in [3.63, 3.8) is 0 Å². The highest BCUT2D eigenvalue weighted by atomic mass is 16.6. The summed E-state index contributed by atoms with van der Waals surface area (Å²) in [6.07, 6.45) is 0.133. The van der Waals surface area contributed by atoms with Crippen LogP contribution in [-0.4, -0.2) is 35.6 Å². The smallest absolute Gasteiger partial charge is 0.407 e. The number of hydrogen-bond donors (Lipinski definition) is 2. The fourth-order valence-corrected chi connectivity index (χ4v) is 1.90. The van der Waals surface area contributed by atoms with Gasteiger partial charge in [0.2, 0.25) is 0 Å². The molecule has 124 valence electrons. The maximum absolute atomic E-state index is 11.7. The molecule has 5 heteroatoms. The summed E-state index contributed by atoms with van der Waals surface area (Å²) in [6.45, 7) is 9.19. The fraction of sp³-hybridized carbons (Fsp3) is 0.588. The summed E-state index contributed by atoms with van der Waals surface area (Å²) in [5, 5.41) is 12.1. The molecular formula is C17H27NO4. The van der Waals surface area contributed by atoms with Crippen molar-refractivity contribution in [2.24, 2.45) is 0 Å². The van der Waals surface area contributed by atoms with Gasteiger partial charge >= 0.3 is 6.09 Å². The normalized spacial score (nSPS) is 12.9. The lowest BCUT2D eigenvalue weighted by Gasteiger charge is -2.23. The van der Waals surface area contributed by atoms with Gasteiger partial charge in [-0.3, -0.25) is 0 Å². The zero-order valence-corrected chi connectivity index (χ0v) is 14.1. The van der Waals surface area contributed by atoms with Crippen molar-refractivity contribution in [1.82, 2.24) is 5.32 Å². The van der Waals surface area contributed by atoms with E-state index in [0.717, 1.165) is 11.3 Å². The third-order valence-electron chi connectivity index (χ3n) is 2.72. The van der Waals surface area contributed by atoms with Crippen molar-refractivity contribution >= 4 is 6.09 Å². The molecule has 0 saturated heterocycles. The average molecular weight is 309 g/mol. The lowest BCUT2D eigenvalue weighted by molar-refractivity contribution is 0.0483. The average Bonchev–Trinajstić information content (AvgIpc) is 2.37. The summed E-state index contributed by atoms with van der Waals surface area (Å²) >= 11 is 0. The van der Waals surface area contributed by atoms with Gasteiger partial charge in [-0.1, -0.05) is 12.1 Å². The maximum atomic E-state index is 11.7. The SMILES string of the molecule is CC(C)Oc1ccc(C[C@@H](CO)NC(=O)OC(C)(C)C)cc1. The van der Waals surface area contributed by atoms with Crippen LogP contribution in [0.2, 0.25) is 0 Å². The van der Waals surface area contributed by atoms with Crippen LogP contribution in [0, 0.1) is 0 Å². The van der Waals surface area contributed by atoms with Gasteiger partial charge < -0.3 is 19.9 Å². The van der Waals surface area contributed by atoms with Crippen molar-refractivity contribution in [3.8, 4) is 5.75 Å². The van der Waals surface area contributed by atoms with Crippen molar-refractivity contribution in [1.29, 1.82) is 0 Å². The maximum Gasteiger partial charge on any atom is 0.407 e. The first-order chi connectivity index (χ1) is 10.2. The number of carbonyl (C=O) groups excluding carboxylic acids is 1. The van der Waals surface area contributed by atoms with Crippen LogP contribution in [0.4, 0.5) is 4.79 Å². The van der Waals surface area contributed by atoms with Gasteiger partial charge in [0.05, 0.1) is 18.8 Å². The number of carbonyl (C=O) groups is 1. The minimum Gasteiger partial charge on any atom is -0.491 e. The molecule has 0 aliphatic heterocycles. The molecule has 0 radical (unpaired) electrons. The van der Waals surface area contributed by atoms with Crippen LogP contribution in [-0.2, 0) is 11.2 Å². The van der Waals surface area contributed by atoms with Crippen LogP contribution in [0.1, 0.15) is 40.2 Å². The van der Waals surface area contributed by atoms with E-state index in [1.54, 1.807) is 20.8 Å². The molecule has 1 atom stereocenters. The monoisotopic (exact) mass is 309 g/mol. The van der Waals surface area contributed by atoms with E-state index < -0.39 is 11.7 Å². The number of aliphatic hydroxyl groups is 1. The quantitative estimate of drug-likeness (QED) is 0.848. The van der Waals surface area contributed by atoms with Gasteiger partial charge in [-0.15, -0.1) is 0 Å². The molecule has 5 nitrogen and oxygen atoms in total. The molecule has 22 heavy (non-hydrogen) atoms. The minimum absolute atomic E-state index is 0.130. The molecule has 0 unspecified atom stereocenters. The third kappa shape index (κ3) is 7.31. The number of aliphatic hydroxyl groups excluding tert-OH is 1. The first kappa shape index (κ1) is 18.3. The Balaban J connectivity index is 2.57. The number of alkyl carbamates (subject to hydrolysis) is 1. The highest BCUT2D eigenvalue weighted by Crippen LogP contribution is 2.15. The van der Waals surface area contributed by atoms with E-state index in [1.807, 2.05) is 38.1 Å². The molecule has 1 rings (SSSR count). The minimum atomic E-state index is -0.556. The molecule has 0 aliphatic rings. The van der Waals surface area contributed by atoms with Crippen molar-refractivity contribution in [2.45, 2.75) is 58.8 Å². The van der Waals surface area contributed by atoms with Crippen LogP contribution in [0.3, 0.4) is 0 Å². The van der Waals surface area contributed by atoms with Crippen LogP contribution < -0.4 is 10.1 Å².